The Morgan fingerprint density at radius 2 is 1.73 bits per heavy atom. The second-order valence-electron chi connectivity index (χ2n) is 12.6. The molecule has 0 spiro atoms. The Morgan fingerprint density at radius 1 is 1.07 bits per heavy atom. The number of ether oxygens (including phenoxy) is 1. The Hall–Kier alpha value is -3.54. The number of carbonyl (C=O) groups is 2. The number of rotatable bonds is 12. The second kappa shape index (κ2) is 13.8. The molecular formula is C34H43FN2O7S. The van der Waals surface area contributed by atoms with Gasteiger partial charge >= 0.3 is 5.97 Å². The number of nitrogens with one attached hydrogen (secondary N) is 2. The monoisotopic (exact) mass is 642 g/mol. The van der Waals surface area contributed by atoms with Gasteiger partial charge in [-0.05, 0) is 104 Å². The number of amides is 1. The molecule has 11 heteroatoms. The van der Waals surface area contributed by atoms with Crippen molar-refractivity contribution in [1.82, 2.24) is 10.6 Å². The van der Waals surface area contributed by atoms with Gasteiger partial charge in [-0.1, -0.05) is 24.3 Å². The van der Waals surface area contributed by atoms with Gasteiger partial charge in [0.25, 0.3) is 0 Å². The first kappa shape index (κ1) is 34.3. The van der Waals surface area contributed by atoms with E-state index in [4.69, 9.17) is 9.84 Å². The average Bonchev–Trinajstić information content (AvgIpc) is 2.94. The van der Waals surface area contributed by atoms with Crippen molar-refractivity contribution in [3.05, 3.63) is 81.7 Å². The van der Waals surface area contributed by atoms with Gasteiger partial charge in [0.05, 0.1) is 17.0 Å². The first-order valence-electron chi connectivity index (χ1n) is 15.2. The normalized spacial score (nSPS) is 20.6. The van der Waals surface area contributed by atoms with Gasteiger partial charge in [0.15, 0.2) is 9.84 Å². The van der Waals surface area contributed by atoms with Crippen molar-refractivity contribution in [3.8, 4) is 5.75 Å². The lowest BCUT2D eigenvalue weighted by atomic mass is 9.76. The van der Waals surface area contributed by atoms with E-state index < -0.39 is 32.8 Å². The highest BCUT2D eigenvalue weighted by Gasteiger charge is 2.37. The standard InChI is InChI=1S/C34H43FN2O7S/c1-22-15-28(44-21-34(41)11-13-45(42,43)14-12-34)16-23(2)32(22)29-17-26(9-10-33(29,4)37-24(3)38)20-36-19-25-5-6-27(30(35)18-25)7-8-31(39)40/h5-6,9,15-18,36,41H,7-8,10-14,19-21H2,1-4H3,(H,37,38)(H,39,40). The van der Waals surface area contributed by atoms with Crippen LogP contribution >= 0.6 is 0 Å². The van der Waals surface area contributed by atoms with Gasteiger partial charge in [0.1, 0.15) is 23.8 Å². The van der Waals surface area contributed by atoms with Crippen molar-refractivity contribution in [2.45, 2.75) is 77.5 Å². The van der Waals surface area contributed by atoms with Gasteiger partial charge in [-0.3, -0.25) is 9.59 Å². The number of aryl methyl sites for hydroxylation is 3. The largest absolute Gasteiger partial charge is 0.491 e. The molecule has 0 radical (unpaired) electrons. The number of benzene rings is 2. The van der Waals surface area contributed by atoms with Crippen molar-refractivity contribution in [2.24, 2.45) is 0 Å². The number of hydrogen-bond donors (Lipinski definition) is 4. The number of aliphatic hydroxyl groups is 1. The number of hydrogen-bond acceptors (Lipinski definition) is 7. The smallest absolute Gasteiger partial charge is 0.303 e. The highest BCUT2D eigenvalue weighted by molar-refractivity contribution is 7.91. The fourth-order valence-corrected chi connectivity index (χ4v) is 7.62. The Labute approximate surface area is 264 Å². The van der Waals surface area contributed by atoms with Crippen LogP contribution in [0.5, 0.6) is 5.75 Å². The Kier molecular flexibility index (Phi) is 10.6. The number of halogens is 1. The molecule has 2 aromatic rings. The first-order chi connectivity index (χ1) is 21.1. The van der Waals surface area contributed by atoms with Crippen LogP contribution in [-0.4, -0.2) is 66.3 Å². The number of sulfone groups is 1. The molecule has 244 valence electrons. The van der Waals surface area contributed by atoms with Crippen molar-refractivity contribution < 1.29 is 37.3 Å². The molecule has 2 aliphatic rings. The maximum atomic E-state index is 14.5. The van der Waals surface area contributed by atoms with Crippen LogP contribution in [0.15, 0.2) is 48.1 Å². The van der Waals surface area contributed by atoms with Gasteiger partial charge in [-0.15, -0.1) is 0 Å². The van der Waals surface area contributed by atoms with E-state index in [-0.39, 0.29) is 49.7 Å². The zero-order chi connectivity index (χ0) is 33.0. The van der Waals surface area contributed by atoms with Crippen molar-refractivity contribution in [2.75, 3.05) is 24.7 Å². The summed E-state index contributed by atoms with van der Waals surface area (Å²) in [4.78, 5) is 23.1. The lowest BCUT2D eigenvalue weighted by Crippen LogP contribution is -2.47. The minimum absolute atomic E-state index is 0.000562. The molecule has 1 aliphatic heterocycles. The zero-order valence-corrected chi connectivity index (χ0v) is 27.2. The van der Waals surface area contributed by atoms with Crippen LogP contribution < -0.4 is 15.4 Å². The third-order valence-corrected chi connectivity index (χ3v) is 10.2. The van der Waals surface area contributed by atoms with Gasteiger partial charge in [0, 0.05) is 26.4 Å². The van der Waals surface area contributed by atoms with E-state index in [2.05, 4.69) is 22.8 Å². The van der Waals surface area contributed by atoms with Crippen LogP contribution in [0, 0.1) is 19.7 Å². The van der Waals surface area contributed by atoms with Crippen LogP contribution in [0.1, 0.15) is 67.3 Å². The molecule has 1 aliphatic carbocycles. The van der Waals surface area contributed by atoms with E-state index in [9.17, 15) is 27.5 Å². The molecule has 45 heavy (non-hydrogen) atoms. The minimum atomic E-state index is -3.11. The van der Waals surface area contributed by atoms with E-state index in [0.29, 0.717) is 30.8 Å². The highest BCUT2D eigenvalue weighted by Crippen LogP contribution is 2.40. The molecule has 1 heterocycles. The van der Waals surface area contributed by atoms with E-state index >= 15 is 0 Å². The fraction of sp³-hybridized carbons (Fsp3) is 0.471. The van der Waals surface area contributed by atoms with Gasteiger partial charge in [-0.2, -0.15) is 0 Å². The maximum absolute atomic E-state index is 14.5. The summed E-state index contributed by atoms with van der Waals surface area (Å²) in [6.45, 7) is 8.35. The van der Waals surface area contributed by atoms with Crippen LogP contribution in [0.4, 0.5) is 4.39 Å². The van der Waals surface area contributed by atoms with Crippen LogP contribution in [0.2, 0.25) is 0 Å². The third kappa shape index (κ3) is 9.02. The molecule has 1 saturated heterocycles. The summed E-state index contributed by atoms with van der Waals surface area (Å²) in [5, 5.41) is 26.2. The molecule has 0 bridgehead atoms. The molecule has 0 aromatic heterocycles. The van der Waals surface area contributed by atoms with E-state index in [1.807, 2.05) is 32.9 Å². The minimum Gasteiger partial charge on any atom is -0.491 e. The van der Waals surface area contributed by atoms with Gasteiger partial charge < -0.3 is 25.6 Å². The molecule has 4 rings (SSSR count). The van der Waals surface area contributed by atoms with E-state index in [0.717, 1.165) is 33.4 Å². The summed E-state index contributed by atoms with van der Waals surface area (Å²) in [7, 11) is -3.11. The number of carbonyl (C=O) groups excluding carboxylic acids is 1. The van der Waals surface area contributed by atoms with Crippen LogP contribution in [-0.2, 0) is 32.4 Å². The van der Waals surface area contributed by atoms with Crippen LogP contribution in [0.25, 0.3) is 5.57 Å². The summed E-state index contributed by atoms with van der Waals surface area (Å²) in [5.41, 5.74) is 4.07. The second-order valence-corrected chi connectivity index (χ2v) is 14.9. The predicted molar refractivity (Wildman–Crippen MR) is 171 cm³/mol. The molecule has 2 aromatic carbocycles. The average molecular weight is 643 g/mol. The fourth-order valence-electron chi connectivity index (χ4n) is 6.04. The molecule has 1 atom stereocenters. The lowest BCUT2D eigenvalue weighted by Gasteiger charge is -2.37. The van der Waals surface area contributed by atoms with Crippen molar-refractivity contribution >= 4 is 27.3 Å². The zero-order valence-electron chi connectivity index (χ0n) is 26.3. The molecule has 1 unspecified atom stereocenters. The molecule has 0 saturated carbocycles. The summed E-state index contributed by atoms with van der Waals surface area (Å²) >= 11 is 0. The Morgan fingerprint density at radius 3 is 2.33 bits per heavy atom. The molecule has 1 fully saturated rings. The van der Waals surface area contributed by atoms with E-state index in [1.165, 1.54) is 13.0 Å². The third-order valence-electron chi connectivity index (χ3n) is 8.57. The first-order valence-corrected chi connectivity index (χ1v) is 17.0. The van der Waals surface area contributed by atoms with Crippen LogP contribution in [0.3, 0.4) is 0 Å². The number of carboxylic acid groups (broad SMARTS) is 1. The number of carboxylic acids is 1. The predicted octanol–water partition coefficient (Wildman–Crippen LogP) is 4.18. The Bertz CT molecular complexity index is 1600. The Balaban J connectivity index is 1.49. The molecule has 9 nitrogen and oxygen atoms in total. The van der Waals surface area contributed by atoms with E-state index in [1.54, 1.807) is 12.1 Å². The van der Waals surface area contributed by atoms with Crippen molar-refractivity contribution in [3.63, 3.8) is 0 Å². The SMILES string of the molecule is CC(=O)NC1(C)CC=C(CNCc2ccc(CCC(=O)O)c(F)c2)C=C1c1c(C)cc(OCC2(O)CCS(=O)(=O)CC2)cc1C. The summed E-state index contributed by atoms with van der Waals surface area (Å²) in [6, 6.07) is 8.64. The van der Waals surface area contributed by atoms with Gasteiger partial charge in [0.2, 0.25) is 5.91 Å². The van der Waals surface area contributed by atoms with Gasteiger partial charge in [-0.25, -0.2) is 12.8 Å². The maximum Gasteiger partial charge on any atom is 0.303 e. The number of aliphatic carboxylic acids is 1. The van der Waals surface area contributed by atoms with Crippen molar-refractivity contribution in [1.29, 1.82) is 0 Å². The summed E-state index contributed by atoms with van der Waals surface area (Å²) < 4.78 is 44.1. The summed E-state index contributed by atoms with van der Waals surface area (Å²) in [5.74, 6) is -1.06. The topological polar surface area (TPSA) is 142 Å². The molecule has 4 N–H and O–H groups in total. The molecular weight excluding hydrogens is 599 g/mol. The highest BCUT2D eigenvalue weighted by atomic mass is 32.2. The quantitative estimate of drug-likeness (QED) is 0.270. The lowest BCUT2D eigenvalue weighted by molar-refractivity contribution is -0.137. The molecule has 1 amide bonds. The summed E-state index contributed by atoms with van der Waals surface area (Å²) in [6.07, 6.45) is 5.02.